The predicted molar refractivity (Wildman–Crippen MR) is 108 cm³/mol. The van der Waals surface area contributed by atoms with Gasteiger partial charge in [0.2, 0.25) is 5.91 Å². The molecule has 4 rings (SSSR count). The number of rotatable bonds is 4. The van der Waals surface area contributed by atoms with Gasteiger partial charge in [0.1, 0.15) is 19.0 Å². The zero-order chi connectivity index (χ0) is 20.2. The van der Waals surface area contributed by atoms with Crippen molar-refractivity contribution in [2.24, 2.45) is 5.92 Å². The molecule has 0 unspecified atom stereocenters. The lowest BCUT2D eigenvalue weighted by molar-refractivity contribution is -0.121. The number of hydrogen-bond donors (Lipinski definition) is 1. The molecule has 2 aliphatic heterocycles. The Bertz CT molecular complexity index is 906. The van der Waals surface area contributed by atoms with Crippen molar-refractivity contribution in [2.45, 2.75) is 12.8 Å². The first-order valence-corrected chi connectivity index (χ1v) is 9.78. The third-order valence-corrected chi connectivity index (χ3v) is 5.30. The van der Waals surface area contributed by atoms with Crippen LogP contribution < -0.4 is 19.5 Å². The molecular weight excluding hydrogens is 372 g/mol. The maximum absolute atomic E-state index is 12.8. The highest BCUT2D eigenvalue weighted by Gasteiger charge is 2.29. The number of benzene rings is 2. The normalized spacial score (nSPS) is 16.2. The first-order chi connectivity index (χ1) is 14.2. The van der Waals surface area contributed by atoms with E-state index in [9.17, 15) is 9.59 Å². The smallest absolute Gasteiger partial charge is 0.257 e. The highest BCUT2D eigenvalue weighted by molar-refractivity contribution is 5.97. The average molecular weight is 396 g/mol. The Morgan fingerprint density at radius 3 is 2.52 bits per heavy atom. The molecule has 0 bridgehead atoms. The van der Waals surface area contributed by atoms with E-state index in [0.29, 0.717) is 67.6 Å². The van der Waals surface area contributed by atoms with E-state index in [-0.39, 0.29) is 17.7 Å². The van der Waals surface area contributed by atoms with E-state index >= 15 is 0 Å². The van der Waals surface area contributed by atoms with E-state index in [1.165, 1.54) is 0 Å². The van der Waals surface area contributed by atoms with Gasteiger partial charge in [0.05, 0.1) is 12.7 Å². The van der Waals surface area contributed by atoms with Gasteiger partial charge in [0, 0.05) is 30.8 Å². The van der Waals surface area contributed by atoms with Crippen LogP contribution in [-0.4, -0.2) is 50.1 Å². The average Bonchev–Trinajstić information content (AvgIpc) is 2.78. The van der Waals surface area contributed by atoms with Crippen molar-refractivity contribution in [1.29, 1.82) is 0 Å². The molecule has 2 aromatic rings. The Morgan fingerprint density at radius 1 is 1.03 bits per heavy atom. The molecule has 2 heterocycles. The molecule has 7 heteroatoms. The number of piperidine rings is 1. The summed E-state index contributed by atoms with van der Waals surface area (Å²) >= 11 is 0. The maximum Gasteiger partial charge on any atom is 0.257 e. The summed E-state index contributed by atoms with van der Waals surface area (Å²) in [5.74, 6) is 1.67. The van der Waals surface area contributed by atoms with Crippen molar-refractivity contribution in [3.05, 3.63) is 48.0 Å². The molecule has 152 valence electrons. The summed E-state index contributed by atoms with van der Waals surface area (Å²) in [5, 5.41) is 2.96. The summed E-state index contributed by atoms with van der Waals surface area (Å²) in [4.78, 5) is 27.3. The standard InChI is InChI=1S/C22H24N2O5/c1-27-18-5-3-2-4-17(18)22(26)24-10-8-15(9-11-24)21(25)23-16-6-7-19-20(14-16)29-13-12-28-19/h2-7,14-15H,8-13H2,1H3,(H,23,25). The second-order valence-corrected chi connectivity index (χ2v) is 7.11. The van der Waals surface area contributed by atoms with Gasteiger partial charge in [0.15, 0.2) is 11.5 Å². The largest absolute Gasteiger partial charge is 0.496 e. The summed E-state index contributed by atoms with van der Waals surface area (Å²) < 4.78 is 16.4. The molecule has 2 amide bonds. The summed E-state index contributed by atoms with van der Waals surface area (Å²) in [5.41, 5.74) is 1.24. The summed E-state index contributed by atoms with van der Waals surface area (Å²) in [6.07, 6.45) is 1.24. The third-order valence-electron chi connectivity index (χ3n) is 5.30. The maximum atomic E-state index is 12.8. The molecule has 0 spiro atoms. The second-order valence-electron chi connectivity index (χ2n) is 7.11. The summed E-state index contributed by atoms with van der Waals surface area (Å²) in [7, 11) is 1.56. The molecule has 0 atom stereocenters. The Labute approximate surface area is 169 Å². The van der Waals surface area contributed by atoms with Gasteiger partial charge >= 0.3 is 0 Å². The van der Waals surface area contributed by atoms with E-state index in [0.717, 1.165) is 0 Å². The fraction of sp³-hybridized carbons (Fsp3) is 0.364. The van der Waals surface area contributed by atoms with Crippen LogP contribution in [0.4, 0.5) is 5.69 Å². The molecule has 0 saturated carbocycles. The van der Waals surface area contributed by atoms with Gasteiger partial charge in [-0.1, -0.05) is 12.1 Å². The summed E-state index contributed by atoms with van der Waals surface area (Å²) in [6.45, 7) is 2.11. The minimum absolute atomic E-state index is 0.0360. The lowest BCUT2D eigenvalue weighted by Crippen LogP contribution is -2.41. The number of methoxy groups -OCH3 is 1. The highest BCUT2D eigenvalue weighted by atomic mass is 16.6. The fourth-order valence-electron chi connectivity index (χ4n) is 3.70. The van der Waals surface area contributed by atoms with E-state index in [1.54, 1.807) is 36.3 Å². The molecule has 1 N–H and O–H groups in total. The number of anilines is 1. The number of nitrogens with zero attached hydrogens (tertiary/aromatic N) is 1. The van der Waals surface area contributed by atoms with Gasteiger partial charge in [0.25, 0.3) is 5.91 Å². The quantitative estimate of drug-likeness (QED) is 0.860. The molecule has 0 aliphatic carbocycles. The number of carbonyl (C=O) groups excluding carboxylic acids is 2. The Balaban J connectivity index is 1.34. The molecule has 1 fully saturated rings. The van der Waals surface area contributed by atoms with Crippen molar-refractivity contribution in [2.75, 3.05) is 38.7 Å². The lowest BCUT2D eigenvalue weighted by Gasteiger charge is -2.31. The number of nitrogens with one attached hydrogen (secondary N) is 1. The second kappa shape index (κ2) is 8.43. The number of hydrogen-bond acceptors (Lipinski definition) is 5. The predicted octanol–water partition coefficient (Wildman–Crippen LogP) is 2.96. The van der Waals surface area contributed by atoms with Crippen LogP contribution in [0.15, 0.2) is 42.5 Å². The van der Waals surface area contributed by atoms with Crippen molar-refractivity contribution in [1.82, 2.24) is 4.90 Å². The SMILES string of the molecule is COc1ccccc1C(=O)N1CCC(C(=O)Nc2ccc3c(c2)OCCO3)CC1. The zero-order valence-corrected chi connectivity index (χ0v) is 16.3. The first kappa shape index (κ1) is 19.1. The first-order valence-electron chi connectivity index (χ1n) is 9.78. The van der Waals surface area contributed by atoms with Crippen LogP contribution in [-0.2, 0) is 4.79 Å². The Kier molecular flexibility index (Phi) is 5.55. The minimum Gasteiger partial charge on any atom is -0.496 e. The number of para-hydroxylation sites is 1. The van der Waals surface area contributed by atoms with Gasteiger partial charge in [-0.15, -0.1) is 0 Å². The van der Waals surface area contributed by atoms with Crippen LogP contribution in [0.5, 0.6) is 17.2 Å². The monoisotopic (exact) mass is 396 g/mol. The fourth-order valence-corrected chi connectivity index (χ4v) is 3.70. The van der Waals surface area contributed by atoms with Crippen LogP contribution >= 0.6 is 0 Å². The van der Waals surface area contributed by atoms with Gasteiger partial charge in [-0.05, 0) is 37.1 Å². The van der Waals surface area contributed by atoms with Crippen LogP contribution in [0, 0.1) is 5.92 Å². The number of likely N-dealkylation sites (tertiary alicyclic amines) is 1. The molecule has 7 nitrogen and oxygen atoms in total. The van der Waals surface area contributed by atoms with Gasteiger partial charge in [-0.3, -0.25) is 9.59 Å². The van der Waals surface area contributed by atoms with Gasteiger partial charge in [-0.25, -0.2) is 0 Å². The molecule has 2 aromatic carbocycles. The van der Waals surface area contributed by atoms with Crippen molar-refractivity contribution >= 4 is 17.5 Å². The van der Waals surface area contributed by atoms with Crippen molar-refractivity contribution < 1.29 is 23.8 Å². The highest BCUT2D eigenvalue weighted by Crippen LogP contribution is 2.33. The van der Waals surface area contributed by atoms with Gasteiger partial charge in [-0.2, -0.15) is 0 Å². The molecule has 0 radical (unpaired) electrons. The van der Waals surface area contributed by atoms with Crippen molar-refractivity contribution in [3.8, 4) is 17.2 Å². The van der Waals surface area contributed by atoms with E-state index < -0.39 is 0 Å². The van der Waals surface area contributed by atoms with Crippen LogP contribution in [0.3, 0.4) is 0 Å². The van der Waals surface area contributed by atoms with E-state index in [1.807, 2.05) is 18.2 Å². The molecule has 2 aliphatic rings. The molecule has 0 aromatic heterocycles. The van der Waals surface area contributed by atoms with Crippen LogP contribution in [0.2, 0.25) is 0 Å². The van der Waals surface area contributed by atoms with Gasteiger partial charge < -0.3 is 24.4 Å². The summed E-state index contributed by atoms with van der Waals surface area (Å²) in [6, 6.07) is 12.6. The number of fused-ring (bicyclic) bond motifs is 1. The van der Waals surface area contributed by atoms with E-state index in [2.05, 4.69) is 5.32 Å². The number of amides is 2. The Morgan fingerprint density at radius 2 is 1.76 bits per heavy atom. The lowest BCUT2D eigenvalue weighted by atomic mass is 9.95. The molecule has 29 heavy (non-hydrogen) atoms. The molecular formula is C22H24N2O5. The third kappa shape index (κ3) is 4.13. The number of carbonyl (C=O) groups is 2. The number of ether oxygens (including phenoxy) is 3. The van der Waals surface area contributed by atoms with E-state index in [4.69, 9.17) is 14.2 Å². The van der Waals surface area contributed by atoms with Crippen LogP contribution in [0.25, 0.3) is 0 Å². The van der Waals surface area contributed by atoms with Crippen LogP contribution in [0.1, 0.15) is 23.2 Å². The zero-order valence-electron chi connectivity index (χ0n) is 16.3. The van der Waals surface area contributed by atoms with Crippen molar-refractivity contribution in [3.63, 3.8) is 0 Å². The Hall–Kier alpha value is -3.22. The topological polar surface area (TPSA) is 77.1 Å². The minimum atomic E-state index is -0.134. The molecule has 1 saturated heterocycles.